The highest BCUT2D eigenvalue weighted by molar-refractivity contribution is 6.35. The highest BCUT2D eigenvalue weighted by Crippen LogP contribution is 2.32. The van der Waals surface area contributed by atoms with Gasteiger partial charge in [0.25, 0.3) is 0 Å². The molecule has 0 heterocycles. The van der Waals surface area contributed by atoms with Crippen LogP contribution < -0.4 is 10.1 Å². The van der Waals surface area contributed by atoms with Crippen LogP contribution in [0.5, 0.6) is 5.75 Å². The first-order valence-corrected chi connectivity index (χ1v) is 8.47. The molecule has 0 saturated carbocycles. The predicted octanol–water partition coefficient (Wildman–Crippen LogP) is 5.55. The SMILES string of the molecule is CC(C)CCCOc1c(Cl)cc(Cl)cc1CNCC(C)C. The lowest BCUT2D eigenvalue weighted by atomic mass is 10.1. The molecule has 0 spiro atoms. The van der Waals surface area contributed by atoms with Gasteiger partial charge in [-0.2, -0.15) is 0 Å². The van der Waals surface area contributed by atoms with Gasteiger partial charge in [-0.3, -0.25) is 0 Å². The van der Waals surface area contributed by atoms with Gasteiger partial charge in [0.1, 0.15) is 5.75 Å². The van der Waals surface area contributed by atoms with Crippen molar-refractivity contribution in [3.8, 4) is 5.75 Å². The Hall–Kier alpha value is -0.440. The van der Waals surface area contributed by atoms with Gasteiger partial charge in [0, 0.05) is 17.1 Å². The molecule has 0 aliphatic heterocycles. The van der Waals surface area contributed by atoms with E-state index in [-0.39, 0.29) is 0 Å². The molecule has 0 saturated heterocycles. The molecule has 1 aromatic rings. The third-order valence-electron chi connectivity index (χ3n) is 3.13. The predicted molar refractivity (Wildman–Crippen MR) is 92.6 cm³/mol. The van der Waals surface area contributed by atoms with Crippen LogP contribution in [-0.4, -0.2) is 13.2 Å². The Morgan fingerprint density at radius 2 is 1.81 bits per heavy atom. The summed E-state index contributed by atoms with van der Waals surface area (Å²) in [4.78, 5) is 0. The van der Waals surface area contributed by atoms with E-state index in [0.29, 0.717) is 28.5 Å². The first kappa shape index (κ1) is 18.6. The van der Waals surface area contributed by atoms with Gasteiger partial charge in [0.05, 0.1) is 11.6 Å². The van der Waals surface area contributed by atoms with Gasteiger partial charge in [-0.1, -0.05) is 50.9 Å². The Bertz CT molecular complexity index is 433. The lowest BCUT2D eigenvalue weighted by Gasteiger charge is -2.15. The van der Waals surface area contributed by atoms with Gasteiger partial charge in [0.2, 0.25) is 0 Å². The van der Waals surface area contributed by atoms with Crippen molar-refractivity contribution in [1.29, 1.82) is 0 Å². The van der Waals surface area contributed by atoms with Crippen LogP contribution >= 0.6 is 23.2 Å². The van der Waals surface area contributed by atoms with Crippen LogP contribution in [0.2, 0.25) is 10.0 Å². The van der Waals surface area contributed by atoms with Crippen molar-refractivity contribution in [1.82, 2.24) is 5.32 Å². The Kier molecular flexibility index (Phi) is 8.46. The summed E-state index contributed by atoms with van der Waals surface area (Å²) in [5.74, 6) is 2.07. The molecule has 0 amide bonds. The van der Waals surface area contributed by atoms with Crippen molar-refractivity contribution < 1.29 is 4.74 Å². The van der Waals surface area contributed by atoms with E-state index in [2.05, 4.69) is 33.0 Å². The number of hydrogen-bond acceptors (Lipinski definition) is 2. The van der Waals surface area contributed by atoms with Crippen LogP contribution in [-0.2, 0) is 6.54 Å². The molecule has 0 radical (unpaired) electrons. The summed E-state index contributed by atoms with van der Waals surface area (Å²) in [6.45, 7) is 11.2. The van der Waals surface area contributed by atoms with Crippen molar-refractivity contribution in [3.05, 3.63) is 27.7 Å². The van der Waals surface area contributed by atoms with Crippen molar-refractivity contribution in [2.75, 3.05) is 13.2 Å². The largest absolute Gasteiger partial charge is 0.492 e. The van der Waals surface area contributed by atoms with Crippen molar-refractivity contribution in [2.24, 2.45) is 11.8 Å². The van der Waals surface area contributed by atoms with Gasteiger partial charge < -0.3 is 10.1 Å². The van der Waals surface area contributed by atoms with Gasteiger partial charge >= 0.3 is 0 Å². The fourth-order valence-electron chi connectivity index (χ4n) is 2.07. The maximum Gasteiger partial charge on any atom is 0.142 e. The van der Waals surface area contributed by atoms with Gasteiger partial charge in [-0.15, -0.1) is 0 Å². The standard InChI is InChI=1S/C17H27Cl2NO/c1-12(2)6-5-7-21-17-14(11-20-10-13(3)4)8-15(18)9-16(17)19/h8-9,12-13,20H,5-7,10-11H2,1-4H3. The molecule has 0 aliphatic carbocycles. The number of nitrogens with one attached hydrogen (secondary N) is 1. The number of ether oxygens (including phenoxy) is 1. The minimum absolute atomic E-state index is 0.591. The Morgan fingerprint density at radius 3 is 2.43 bits per heavy atom. The smallest absolute Gasteiger partial charge is 0.142 e. The van der Waals surface area contributed by atoms with Crippen LogP contribution in [0.4, 0.5) is 0 Å². The Morgan fingerprint density at radius 1 is 1.10 bits per heavy atom. The van der Waals surface area contributed by atoms with Crippen LogP contribution in [0.1, 0.15) is 46.1 Å². The molecule has 120 valence electrons. The lowest BCUT2D eigenvalue weighted by molar-refractivity contribution is 0.294. The van der Waals surface area contributed by atoms with Crippen LogP contribution in [0.15, 0.2) is 12.1 Å². The molecular formula is C17H27Cl2NO. The topological polar surface area (TPSA) is 21.3 Å². The average molecular weight is 332 g/mol. The molecule has 0 aliphatic rings. The summed E-state index contributed by atoms with van der Waals surface area (Å²) in [5, 5.41) is 4.65. The van der Waals surface area contributed by atoms with Gasteiger partial charge in [-0.25, -0.2) is 0 Å². The van der Waals surface area contributed by atoms with E-state index >= 15 is 0 Å². The van der Waals surface area contributed by atoms with E-state index < -0.39 is 0 Å². The highest BCUT2D eigenvalue weighted by Gasteiger charge is 2.11. The van der Waals surface area contributed by atoms with Crippen LogP contribution in [0.25, 0.3) is 0 Å². The third-order valence-corrected chi connectivity index (χ3v) is 3.62. The van der Waals surface area contributed by atoms with Gasteiger partial charge in [-0.05, 0) is 43.4 Å². The highest BCUT2D eigenvalue weighted by atomic mass is 35.5. The molecule has 0 bridgehead atoms. The minimum Gasteiger partial charge on any atom is -0.492 e. The minimum atomic E-state index is 0.591. The van der Waals surface area contributed by atoms with E-state index in [1.807, 2.05) is 6.07 Å². The maximum atomic E-state index is 6.28. The van der Waals surface area contributed by atoms with E-state index in [9.17, 15) is 0 Å². The zero-order chi connectivity index (χ0) is 15.8. The Balaban J connectivity index is 2.66. The van der Waals surface area contributed by atoms with Crippen molar-refractivity contribution in [2.45, 2.75) is 47.1 Å². The molecule has 21 heavy (non-hydrogen) atoms. The number of rotatable bonds is 9. The molecule has 0 fully saturated rings. The quantitative estimate of drug-likeness (QED) is 0.598. The first-order valence-electron chi connectivity index (χ1n) is 7.71. The molecule has 0 unspecified atom stereocenters. The monoisotopic (exact) mass is 331 g/mol. The first-order chi connectivity index (χ1) is 9.90. The zero-order valence-corrected chi connectivity index (χ0v) is 15.0. The molecule has 0 aromatic heterocycles. The second-order valence-corrected chi connectivity index (χ2v) is 7.13. The van der Waals surface area contributed by atoms with E-state index in [1.54, 1.807) is 6.07 Å². The van der Waals surface area contributed by atoms with E-state index in [0.717, 1.165) is 37.2 Å². The summed E-state index contributed by atoms with van der Waals surface area (Å²) < 4.78 is 5.90. The van der Waals surface area contributed by atoms with Crippen LogP contribution in [0.3, 0.4) is 0 Å². The maximum absolute atomic E-state index is 6.28. The number of hydrogen-bond donors (Lipinski definition) is 1. The molecule has 1 rings (SSSR count). The normalized spacial score (nSPS) is 11.4. The fraction of sp³-hybridized carbons (Fsp3) is 0.647. The molecule has 0 atom stereocenters. The molecular weight excluding hydrogens is 305 g/mol. The summed E-state index contributed by atoms with van der Waals surface area (Å²) in [7, 11) is 0. The average Bonchev–Trinajstić information content (AvgIpc) is 2.35. The molecule has 2 nitrogen and oxygen atoms in total. The molecule has 1 N–H and O–H groups in total. The second-order valence-electron chi connectivity index (χ2n) is 6.29. The third kappa shape index (κ3) is 7.39. The summed E-state index contributed by atoms with van der Waals surface area (Å²) in [5.41, 5.74) is 1.03. The summed E-state index contributed by atoms with van der Waals surface area (Å²) in [6.07, 6.45) is 2.20. The summed E-state index contributed by atoms with van der Waals surface area (Å²) in [6, 6.07) is 3.67. The summed E-state index contributed by atoms with van der Waals surface area (Å²) >= 11 is 12.4. The fourth-order valence-corrected chi connectivity index (χ4v) is 2.66. The number of benzene rings is 1. The Labute approximate surface area is 139 Å². The van der Waals surface area contributed by atoms with E-state index in [1.165, 1.54) is 0 Å². The number of halogens is 2. The molecule has 1 aromatic carbocycles. The van der Waals surface area contributed by atoms with Gasteiger partial charge in [0.15, 0.2) is 0 Å². The van der Waals surface area contributed by atoms with Crippen molar-refractivity contribution in [3.63, 3.8) is 0 Å². The molecule has 4 heteroatoms. The second kappa shape index (κ2) is 9.55. The van der Waals surface area contributed by atoms with Crippen LogP contribution in [0, 0.1) is 11.8 Å². The lowest BCUT2D eigenvalue weighted by Crippen LogP contribution is -2.19. The van der Waals surface area contributed by atoms with Crippen molar-refractivity contribution >= 4 is 23.2 Å². The van der Waals surface area contributed by atoms with E-state index in [4.69, 9.17) is 27.9 Å². The zero-order valence-electron chi connectivity index (χ0n) is 13.5.